The molecule has 0 aliphatic heterocycles. The predicted molar refractivity (Wildman–Crippen MR) is 96.5 cm³/mol. The first-order valence-electron chi connectivity index (χ1n) is 7.32. The maximum atomic E-state index is 11.6. The number of carbonyl (C=O) groups excluding carboxylic acids is 1. The van der Waals surface area contributed by atoms with Crippen LogP contribution in [0.25, 0.3) is 0 Å². The van der Waals surface area contributed by atoms with Crippen molar-refractivity contribution < 1.29 is 9.53 Å². The standard InChI is InChI=1S/C18H22N2O2.ClH/c1-13-5-4-6-15(9-13)12-22-16-7-8-17(14(2)10-16)20-18(21)11-19-3;/h4-10,19H,11-12H2,1-3H3,(H,20,21);1H. The van der Waals surface area contributed by atoms with Crippen LogP contribution in [0.1, 0.15) is 16.7 Å². The first-order valence-corrected chi connectivity index (χ1v) is 7.32. The van der Waals surface area contributed by atoms with Gasteiger partial charge in [-0.15, -0.1) is 12.4 Å². The van der Waals surface area contributed by atoms with E-state index in [9.17, 15) is 4.79 Å². The van der Waals surface area contributed by atoms with Crippen molar-refractivity contribution in [2.24, 2.45) is 0 Å². The second-order valence-electron chi connectivity index (χ2n) is 5.33. The minimum absolute atomic E-state index is 0. The first-order chi connectivity index (χ1) is 10.6. The second-order valence-corrected chi connectivity index (χ2v) is 5.33. The van der Waals surface area contributed by atoms with E-state index in [0.717, 1.165) is 22.6 Å². The molecule has 4 nitrogen and oxygen atoms in total. The van der Waals surface area contributed by atoms with E-state index in [0.29, 0.717) is 13.2 Å². The molecule has 0 fully saturated rings. The Bertz CT molecular complexity index is 659. The minimum Gasteiger partial charge on any atom is -0.489 e. The number of anilines is 1. The zero-order valence-electron chi connectivity index (χ0n) is 13.7. The molecule has 2 aromatic carbocycles. The number of amides is 1. The normalized spacial score (nSPS) is 9.87. The largest absolute Gasteiger partial charge is 0.489 e. The number of halogens is 1. The molecular weight excluding hydrogens is 312 g/mol. The smallest absolute Gasteiger partial charge is 0.238 e. The Kier molecular flexibility index (Phi) is 7.59. The summed E-state index contributed by atoms with van der Waals surface area (Å²) in [4.78, 5) is 11.6. The van der Waals surface area contributed by atoms with Crippen LogP contribution >= 0.6 is 12.4 Å². The molecule has 1 amide bonds. The maximum absolute atomic E-state index is 11.6. The Morgan fingerprint density at radius 3 is 2.57 bits per heavy atom. The van der Waals surface area contributed by atoms with Gasteiger partial charge in [0.1, 0.15) is 12.4 Å². The summed E-state index contributed by atoms with van der Waals surface area (Å²) in [6.07, 6.45) is 0. The molecule has 2 N–H and O–H groups in total. The molecule has 2 aromatic rings. The molecule has 2 rings (SSSR count). The highest BCUT2D eigenvalue weighted by atomic mass is 35.5. The number of likely N-dealkylation sites (N-methyl/N-ethyl adjacent to an activating group) is 1. The molecule has 0 atom stereocenters. The van der Waals surface area contributed by atoms with Crippen LogP contribution in [-0.4, -0.2) is 19.5 Å². The van der Waals surface area contributed by atoms with Crippen molar-refractivity contribution in [1.29, 1.82) is 0 Å². The number of aryl methyl sites for hydroxylation is 2. The fourth-order valence-corrected chi connectivity index (χ4v) is 2.19. The molecule has 0 aliphatic rings. The van der Waals surface area contributed by atoms with Crippen molar-refractivity contribution in [3.63, 3.8) is 0 Å². The molecule has 0 radical (unpaired) electrons. The average Bonchev–Trinajstić information content (AvgIpc) is 2.48. The summed E-state index contributed by atoms with van der Waals surface area (Å²) in [5.41, 5.74) is 4.15. The fourth-order valence-electron chi connectivity index (χ4n) is 2.19. The van der Waals surface area contributed by atoms with Gasteiger partial charge in [0, 0.05) is 5.69 Å². The molecule has 5 heteroatoms. The third kappa shape index (κ3) is 5.93. The number of ether oxygens (including phenoxy) is 1. The highest BCUT2D eigenvalue weighted by molar-refractivity contribution is 5.93. The summed E-state index contributed by atoms with van der Waals surface area (Å²) in [7, 11) is 1.74. The van der Waals surface area contributed by atoms with Crippen molar-refractivity contribution in [3.05, 3.63) is 59.2 Å². The topological polar surface area (TPSA) is 50.4 Å². The summed E-state index contributed by atoms with van der Waals surface area (Å²) >= 11 is 0. The lowest BCUT2D eigenvalue weighted by Crippen LogP contribution is -2.25. The summed E-state index contributed by atoms with van der Waals surface area (Å²) in [6.45, 7) is 4.85. The van der Waals surface area contributed by atoms with E-state index in [2.05, 4.69) is 29.7 Å². The van der Waals surface area contributed by atoms with Crippen LogP contribution < -0.4 is 15.4 Å². The minimum atomic E-state index is -0.0565. The summed E-state index contributed by atoms with van der Waals surface area (Å²) in [6, 6.07) is 13.9. The molecule has 0 heterocycles. The molecular formula is C18H23ClN2O2. The molecule has 0 saturated heterocycles. The lowest BCUT2D eigenvalue weighted by atomic mass is 10.1. The summed E-state index contributed by atoms with van der Waals surface area (Å²) < 4.78 is 5.81. The Morgan fingerprint density at radius 1 is 1.13 bits per heavy atom. The highest BCUT2D eigenvalue weighted by Crippen LogP contribution is 2.22. The number of carbonyl (C=O) groups is 1. The molecule has 23 heavy (non-hydrogen) atoms. The maximum Gasteiger partial charge on any atom is 0.238 e. The van der Waals surface area contributed by atoms with Gasteiger partial charge in [0.05, 0.1) is 6.54 Å². The van der Waals surface area contributed by atoms with Crippen LogP contribution in [0.15, 0.2) is 42.5 Å². The monoisotopic (exact) mass is 334 g/mol. The van der Waals surface area contributed by atoms with Crippen LogP contribution in [-0.2, 0) is 11.4 Å². The summed E-state index contributed by atoms with van der Waals surface area (Å²) in [5.74, 6) is 0.740. The predicted octanol–water partition coefficient (Wildman–Crippen LogP) is 3.46. The van der Waals surface area contributed by atoms with Crippen LogP contribution in [0.2, 0.25) is 0 Å². The zero-order chi connectivity index (χ0) is 15.9. The van der Waals surface area contributed by atoms with E-state index in [1.165, 1.54) is 5.56 Å². The SMILES string of the molecule is CNCC(=O)Nc1ccc(OCc2cccc(C)c2)cc1C.Cl. The van der Waals surface area contributed by atoms with Crippen LogP contribution in [0.4, 0.5) is 5.69 Å². The van der Waals surface area contributed by atoms with Gasteiger partial charge in [-0.25, -0.2) is 0 Å². The van der Waals surface area contributed by atoms with E-state index in [1.54, 1.807) is 7.05 Å². The van der Waals surface area contributed by atoms with E-state index < -0.39 is 0 Å². The van der Waals surface area contributed by atoms with E-state index in [1.807, 2.05) is 37.3 Å². The number of hydrogen-bond donors (Lipinski definition) is 2. The number of hydrogen-bond acceptors (Lipinski definition) is 3. The lowest BCUT2D eigenvalue weighted by Gasteiger charge is -2.11. The van der Waals surface area contributed by atoms with Crippen LogP contribution in [0.5, 0.6) is 5.75 Å². The van der Waals surface area contributed by atoms with Gasteiger partial charge in [-0.05, 0) is 50.2 Å². The second kappa shape index (κ2) is 9.18. The van der Waals surface area contributed by atoms with Gasteiger partial charge in [-0.1, -0.05) is 29.8 Å². The van der Waals surface area contributed by atoms with E-state index in [-0.39, 0.29) is 18.3 Å². The van der Waals surface area contributed by atoms with Crippen molar-refractivity contribution in [1.82, 2.24) is 5.32 Å². The van der Waals surface area contributed by atoms with Gasteiger partial charge >= 0.3 is 0 Å². The fraction of sp³-hybridized carbons (Fsp3) is 0.278. The molecule has 0 bridgehead atoms. The van der Waals surface area contributed by atoms with E-state index in [4.69, 9.17) is 4.74 Å². The van der Waals surface area contributed by atoms with Gasteiger partial charge in [0.2, 0.25) is 5.91 Å². The Balaban J connectivity index is 0.00000264. The molecule has 0 aromatic heterocycles. The van der Waals surface area contributed by atoms with Gasteiger partial charge < -0.3 is 15.4 Å². The van der Waals surface area contributed by atoms with Gasteiger partial charge in [0.25, 0.3) is 0 Å². The Morgan fingerprint density at radius 2 is 1.91 bits per heavy atom. The molecule has 0 spiro atoms. The Hall–Kier alpha value is -2.04. The number of rotatable bonds is 6. The third-order valence-corrected chi connectivity index (χ3v) is 3.30. The van der Waals surface area contributed by atoms with Crippen LogP contribution in [0, 0.1) is 13.8 Å². The van der Waals surface area contributed by atoms with Crippen molar-refractivity contribution in [3.8, 4) is 5.75 Å². The van der Waals surface area contributed by atoms with Gasteiger partial charge in [0.15, 0.2) is 0 Å². The molecule has 0 saturated carbocycles. The Labute approximate surface area is 143 Å². The van der Waals surface area contributed by atoms with E-state index >= 15 is 0 Å². The first kappa shape index (κ1) is 19.0. The van der Waals surface area contributed by atoms with Gasteiger partial charge in [-0.2, -0.15) is 0 Å². The highest BCUT2D eigenvalue weighted by Gasteiger charge is 2.05. The molecule has 124 valence electrons. The van der Waals surface area contributed by atoms with Crippen molar-refractivity contribution >= 4 is 24.0 Å². The summed E-state index contributed by atoms with van der Waals surface area (Å²) in [5, 5.41) is 5.69. The molecule has 0 unspecified atom stereocenters. The third-order valence-electron chi connectivity index (χ3n) is 3.30. The zero-order valence-corrected chi connectivity index (χ0v) is 14.5. The van der Waals surface area contributed by atoms with Crippen molar-refractivity contribution in [2.45, 2.75) is 20.5 Å². The quantitative estimate of drug-likeness (QED) is 0.850. The molecule has 0 aliphatic carbocycles. The lowest BCUT2D eigenvalue weighted by molar-refractivity contribution is -0.115. The number of benzene rings is 2. The number of nitrogens with one attached hydrogen (secondary N) is 2. The van der Waals surface area contributed by atoms with Crippen LogP contribution in [0.3, 0.4) is 0 Å². The van der Waals surface area contributed by atoms with Crippen molar-refractivity contribution in [2.75, 3.05) is 18.9 Å². The average molecular weight is 335 g/mol. The van der Waals surface area contributed by atoms with Gasteiger partial charge in [-0.3, -0.25) is 4.79 Å².